The molecule has 1 aliphatic rings. The highest BCUT2D eigenvalue weighted by Gasteiger charge is 2.26. The van der Waals surface area contributed by atoms with Gasteiger partial charge in [0.05, 0.1) is 6.10 Å². The zero-order valence-electron chi connectivity index (χ0n) is 9.78. The monoisotopic (exact) mass is 303 g/mol. The lowest BCUT2D eigenvalue weighted by Gasteiger charge is -2.36. The van der Waals surface area contributed by atoms with Crippen LogP contribution in [0.4, 0.5) is 0 Å². The van der Waals surface area contributed by atoms with E-state index in [1.54, 1.807) is 0 Å². The second-order valence-corrected chi connectivity index (χ2v) is 6.32. The highest BCUT2D eigenvalue weighted by molar-refractivity contribution is 9.10. The molecule has 0 radical (unpaired) electrons. The van der Waals surface area contributed by atoms with E-state index in [2.05, 4.69) is 39.2 Å². The van der Waals surface area contributed by atoms with Gasteiger partial charge in [0.2, 0.25) is 0 Å². The molecule has 90 valence electrons. The molecule has 4 heteroatoms. The van der Waals surface area contributed by atoms with Crippen molar-refractivity contribution in [3.05, 3.63) is 20.8 Å². The van der Waals surface area contributed by atoms with Crippen LogP contribution < -0.4 is 0 Å². The van der Waals surface area contributed by atoms with E-state index in [4.69, 9.17) is 4.74 Å². The highest BCUT2D eigenvalue weighted by atomic mass is 79.9. The van der Waals surface area contributed by atoms with Gasteiger partial charge in [-0.3, -0.25) is 4.90 Å². The summed E-state index contributed by atoms with van der Waals surface area (Å²) in [6, 6.07) is 2.13. The van der Waals surface area contributed by atoms with Crippen LogP contribution in [0, 0.1) is 5.92 Å². The number of hydrogen-bond acceptors (Lipinski definition) is 3. The quantitative estimate of drug-likeness (QED) is 0.849. The Bertz CT molecular complexity index is 342. The van der Waals surface area contributed by atoms with Crippen molar-refractivity contribution in [1.29, 1.82) is 0 Å². The van der Waals surface area contributed by atoms with Gasteiger partial charge >= 0.3 is 0 Å². The van der Waals surface area contributed by atoms with E-state index in [1.807, 2.05) is 18.4 Å². The van der Waals surface area contributed by atoms with Crippen LogP contribution in [0.2, 0.25) is 0 Å². The molecule has 1 aromatic rings. The van der Waals surface area contributed by atoms with Gasteiger partial charge in [0.1, 0.15) is 0 Å². The summed E-state index contributed by atoms with van der Waals surface area (Å²) in [6.45, 7) is 5.57. The maximum Gasteiger partial charge on any atom is 0.0724 e. The SMILES string of the molecule is COC1CN(Cc2sccc2Br)CCC1C. The minimum atomic E-state index is 0.396. The number of thiophene rings is 1. The van der Waals surface area contributed by atoms with Crippen LogP contribution >= 0.6 is 27.3 Å². The minimum absolute atomic E-state index is 0.396. The third kappa shape index (κ3) is 2.86. The smallest absolute Gasteiger partial charge is 0.0724 e. The van der Waals surface area contributed by atoms with Gasteiger partial charge in [0.25, 0.3) is 0 Å². The van der Waals surface area contributed by atoms with E-state index < -0.39 is 0 Å². The summed E-state index contributed by atoms with van der Waals surface area (Å²) >= 11 is 5.41. The topological polar surface area (TPSA) is 12.5 Å². The number of piperidine rings is 1. The fourth-order valence-corrected chi connectivity index (χ4v) is 3.71. The Labute approximate surface area is 110 Å². The van der Waals surface area contributed by atoms with Crippen molar-refractivity contribution < 1.29 is 4.74 Å². The molecule has 0 amide bonds. The van der Waals surface area contributed by atoms with Crippen LogP contribution in [-0.2, 0) is 11.3 Å². The fraction of sp³-hybridized carbons (Fsp3) is 0.667. The maximum atomic E-state index is 5.53. The molecule has 1 saturated heterocycles. The standard InChI is InChI=1S/C12H18BrNOS/c1-9-3-5-14(7-11(9)15-2)8-12-10(13)4-6-16-12/h4,6,9,11H,3,5,7-8H2,1-2H3. The summed E-state index contributed by atoms with van der Waals surface area (Å²) in [5, 5.41) is 2.14. The summed E-state index contributed by atoms with van der Waals surface area (Å²) in [5.74, 6) is 0.688. The predicted molar refractivity (Wildman–Crippen MR) is 71.9 cm³/mol. The molecule has 0 aromatic carbocycles. The Hall–Kier alpha value is 0.100. The van der Waals surface area contributed by atoms with Gasteiger partial charge in [0.15, 0.2) is 0 Å². The first-order chi connectivity index (χ1) is 7.70. The molecule has 0 spiro atoms. The second kappa shape index (κ2) is 5.63. The third-order valence-corrected chi connectivity index (χ3v) is 5.25. The van der Waals surface area contributed by atoms with Gasteiger partial charge in [-0.2, -0.15) is 0 Å². The van der Waals surface area contributed by atoms with Crippen LogP contribution in [0.1, 0.15) is 18.2 Å². The van der Waals surface area contributed by atoms with Crippen LogP contribution in [0.15, 0.2) is 15.9 Å². The Morgan fingerprint density at radius 2 is 2.44 bits per heavy atom. The predicted octanol–water partition coefficient (Wildman–Crippen LogP) is 3.37. The van der Waals surface area contributed by atoms with Crippen molar-refractivity contribution in [3.8, 4) is 0 Å². The van der Waals surface area contributed by atoms with Crippen molar-refractivity contribution in [1.82, 2.24) is 4.90 Å². The average molecular weight is 304 g/mol. The van der Waals surface area contributed by atoms with Gasteiger partial charge in [-0.25, -0.2) is 0 Å². The van der Waals surface area contributed by atoms with E-state index in [0.717, 1.165) is 13.1 Å². The van der Waals surface area contributed by atoms with Gasteiger partial charge < -0.3 is 4.74 Å². The van der Waals surface area contributed by atoms with E-state index in [0.29, 0.717) is 12.0 Å². The lowest BCUT2D eigenvalue weighted by molar-refractivity contribution is -0.00721. The van der Waals surface area contributed by atoms with Crippen molar-refractivity contribution in [2.75, 3.05) is 20.2 Å². The number of ether oxygens (including phenoxy) is 1. The number of halogens is 1. The summed E-state index contributed by atoms with van der Waals surface area (Å²) in [7, 11) is 1.83. The highest BCUT2D eigenvalue weighted by Crippen LogP contribution is 2.27. The van der Waals surface area contributed by atoms with Crippen LogP contribution in [-0.4, -0.2) is 31.2 Å². The molecule has 1 aromatic heterocycles. The number of likely N-dealkylation sites (tertiary alicyclic amines) is 1. The molecule has 2 rings (SSSR count). The minimum Gasteiger partial charge on any atom is -0.380 e. The fourth-order valence-electron chi connectivity index (χ4n) is 2.19. The maximum absolute atomic E-state index is 5.53. The van der Waals surface area contributed by atoms with Crippen molar-refractivity contribution in [2.45, 2.75) is 26.0 Å². The van der Waals surface area contributed by atoms with Crippen molar-refractivity contribution >= 4 is 27.3 Å². The number of hydrogen-bond donors (Lipinski definition) is 0. The first-order valence-electron chi connectivity index (χ1n) is 5.67. The van der Waals surface area contributed by atoms with Gasteiger partial charge in [-0.1, -0.05) is 6.92 Å². The summed E-state index contributed by atoms with van der Waals surface area (Å²) in [6.07, 6.45) is 1.63. The van der Waals surface area contributed by atoms with E-state index >= 15 is 0 Å². The third-order valence-electron chi connectivity index (χ3n) is 3.33. The Morgan fingerprint density at radius 1 is 1.62 bits per heavy atom. The van der Waals surface area contributed by atoms with Crippen LogP contribution in [0.3, 0.4) is 0 Å². The number of methoxy groups -OCH3 is 1. The molecule has 0 N–H and O–H groups in total. The lowest BCUT2D eigenvalue weighted by Crippen LogP contribution is -2.43. The largest absolute Gasteiger partial charge is 0.380 e. The Morgan fingerprint density at radius 3 is 3.06 bits per heavy atom. The second-order valence-electron chi connectivity index (χ2n) is 4.47. The van der Waals surface area contributed by atoms with Gasteiger partial charge in [-0.05, 0) is 46.3 Å². The summed E-state index contributed by atoms with van der Waals surface area (Å²) in [5.41, 5.74) is 0. The molecule has 2 nitrogen and oxygen atoms in total. The average Bonchev–Trinajstić information content (AvgIpc) is 2.67. The molecule has 2 heterocycles. The van der Waals surface area contributed by atoms with Gasteiger partial charge in [0, 0.05) is 29.5 Å². The van der Waals surface area contributed by atoms with E-state index in [-0.39, 0.29) is 0 Å². The molecule has 2 atom stereocenters. The summed E-state index contributed by atoms with van der Waals surface area (Å²) < 4.78 is 6.77. The van der Waals surface area contributed by atoms with E-state index in [1.165, 1.54) is 22.3 Å². The van der Waals surface area contributed by atoms with Crippen LogP contribution in [0.5, 0.6) is 0 Å². The molecule has 0 aliphatic carbocycles. The molecular weight excluding hydrogens is 286 g/mol. The molecule has 0 bridgehead atoms. The van der Waals surface area contributed by atoms with Crippen molar-refractivity contribution in [3.63, 3.8) is 0 Å². The van der Waals surface area contributed by atoms with Crippen molar-refractivity contribution in [2.24, 2.45) is 5.92 Å². The normalized spacial score (nSPS) is 27.2. The molecule has 2 unspecified atom stereocenters. The van der Waals surface area contributed by atoms with Crippen LogP contribution in [0.25, 0.3) is 0 Å². The molecule has 1 fully saturated rings. The van der Waals surface area contributed by atoms with E-state index in [9.17, 15) is 0 Å². The Balaban J connectivity index is 1.94. The summed E-state index contributed by atoms with van der Waals surface area (Å²) in [4.78, 5) is 3.91. The zero-order chi connectivity index (χ0) is 11.5. The molecule has 16 heavy (non-hydrogen) atoms. The molecule has 1 aliphatic heterocycles. The van der Waals surface area contributed by atoms with Gasteiger partial charge in [-0.15, -0.1) is 11.3 Å². The first-order valence-corrected chi connectivity index (χ1v) is 7.35. The zero-order valence-corrected chi connectivity index (χ0v) is 12.2. The molecule has 0 saturated carbocycles. The molecular formula is C12H18BrNOS. The lowest BCUT2D eigenvalue weighted by atomic mass is 9.96. The Kier molecular flexibility index (Phi) is 4.41. The number of nitrogens with zero attached hydrogens (tertiary/aromatic N) is 1. The number of rotatable bonds is 3. The first kappa shape index (κ1) is 12.6.